The number of fused-ring (bicyclic) bond motifs is 1. The molecule has 0 unspecified atom stereocenters. The van der Waals surface area contributed by atoms with Crippen LogP contribution in [0.2, 0.25) is 0 Å². The van der Waals surface area contributed by atoms with Gasteiger partial charge in [0.05, 0.1) is 12.3 Å². The number of aryl methyl sites for hydroxylation is 3. The lowest BCUT2D eigenvalue weighted by Crippen LogP contribution is -2.27. The SMILES string of the molecule is Cc1nn(C)c(N2CCCc3ccccc32)c1CO. The van der Waals surface area contributed by atoms with E-state index in [9.17, 15) is 5.11 Å². The molecule has 19 heavy (non-hydrogen) atoms. The van der Waals surface area contributed by atoms with Crippen LogP contribution in [0.15, 0.2) is 24.3 Å². The quantitative estimate of drug-likeness (QED) is 0.897. The number of aliphatic hydroxyl groups is 1. The number of anilines is 2. The summed E-state index contributed by atoms with van der Waals surface area (Å²) in [5.41, 5.74) is 4.45. The molecule has 0 bridgehead atoms. The number of nitrogens with zero attached hydrogens (tertiary/aromatic N) is 3. The summed E-state index contributed by atoms with van der Waals surface area (Å²) in [6.07, 6.45) is 2.25. The Balaban J connectivity index is 2.14. The molecule has 4 nitrogen and oxygen atoms in total. The van der Waals surface area contributed by atoms with Crippen LogP contribution in [0.5, 0.6) is 0 Å². The average Bonchev–Trinajstić information content (AvgIpc) is 2.72. The van der Waals surface area contributed by atoms with Crippen LogP contribution in [0.4, 0.5) is 11.5 Å². The van der Waals surface area contributed by atoms with E-state index in [1.165, 1.54) is 11.3 Å². The van der Waals surface area contributed by atoms with Crippen molar-refractivity contribution >= 4 is 11.5 Å². The molecule has 1 aromatic heterocycles. The van der Waals surface area contributed by atoms with Gasteiger partial charge in [-0.05, 0) is 31.4 Å². The molecule has 1 aromatic carbocycles. The van der Waals surface area contributed by atoms with Gasteiger partial charge in [0.25, 0.3) is 0 Å². The van der Waals surface area contributed by atoms with Gasteiger partial charge in [0.15, 0.2) is 0 Å². The summed E-state index contributed by atoms with van der Waals surface area (Å²) in [7, 11) is 1.94. The van der Waals surface area contributed by atoms with Crippen LogP contribution < -0.4 is 4.90 Å². The Kier molecular flexibility index (Phi) is 3.03. The normalized spacial score (nSPS) is 14.6. The standard InChI is InChI=1S/C15H19N3O/c1-11-13(10-19)15(17(2)16-11)18-9-5-7-12-6-3-4-8-14(12)18/h3-4,6,8,19H,5,7,9-10H2,1-2H3. The Bertz CT molecular complexity index is 603. The Morgan fingerprint density at radius 3 is 2.89 bits per heavy atom. The first-order valence-corrected chi connectivity index (χ1v) is 6.71. The fraction of sp³-hybridized carbons (Fsp3) is 0.400. The van der Waals surface area contributed by atoms with E-state index >= 15 is 0 Å². The highest BCUT2D eigenvalue weighted by molar-refractivity contribution is 5.68. The predicted molar refractivity (Wildman–Crippen MR) is 75.6 cm³/mol. The van der Waals surface area contributed by atoms with E-state index in [2.05, 4.69) is 34.3 Å². The summed E-state index contributed by atoms with van der Waals surface area (Å²) < 4.78 is 1.88. The molecule has 1 N–H and O–H groups in total. The minimum absolute atomic E-state index is 0.0354. The molecule has 2 heterocycles. The molecule has 0 saturated heterocycles. The highest BCUT2D eigenvalue weighted by Gasteiger charge is 2.24. The summed E-state index contributed by atoms with van der Waals surface area (Å²) in [5, 5.41) is 14.1. The molecule has 0 fully saturated rings. The summed E-state index contributed by atoms with van der Waals surface area (Å²) in [4.78, 5) is 2.28. The molecule has 1 aliphatic heterocycles. The van der Waals surface area contributed by atoms with E-state index in [0.29, 0.717) is 0 Å². The van der Waals surface area contributed by atoms with E-state index in [1.54, 1.807) is 0 Å². The fourth-order valence-corrected chi connectivity index (χ4v) is 2.97. The molecule has 0 amide bonds. The highest BCUT2D eigenvalue weighted by Crippen LogP contribution is 2.35. The molecule has 3 rings (SSSR count). The zero-order chi connectivity index (χ0) is 13.4. The van der Waals surface area contributed by atoms with Gasteiger partial charge in [-0.2, -0.15) is 5.10 Å². The average molecular weight is 257 g/mol. The zero-order valence-electron chi connectivity index (χ0n) is 11.4. The monoisotopic (exact) mass is 257 g/mol. The molecule has 0 radical (unpaired) electrons. The highest BCUT2D eigenvalue weighted by atomic mass is 16.3. The van der Waals surface area contributed by atoms with Gasteiger partial charge in [-0.1, -0.05) is 18.2 Å². The van der Waals surface area contributed by atoms with Crippen molar-refractivity contribution < 1.29 is 5.11 Å². The van der Waals surface area contributed by atoms with Gasteiger partial charge < -0.3 is 10.0 Å². The van der Waals surface area contributed by atoms with E-state index in [4.69, 9.17) is 0 Å². The van der Waals surface area contributed by atoms with Crippen LogP contribution in [0.3, 0.4) is 0 Å². The third kappa shape index (κ3) is 1.92. The maximum Gasteiger partial charge on any atom is 0.136 e. The molecule has 0 aliphatic carbocycles. The lowest BCUT2D eigenvalue weighted by atomic mass is 10.0. The summed E-state index contributed by atoms with van der Waals surface area (Å²) in [6.45, 7) is 2.96. The van der Waals surface area contributed by atoms with Crippen molar-refractivity contribution in [3.63, 3.8) is 0 Å². The minimum atomic E-state index is 0.0354. The second-order valence-corrected chi connectivity index (χ2v) is 5.05. The largest absolute Gasteiger partial charge is 0.391 e. The van der Waals surface area contributed by atoms with Crippen molar-refractivity contribution in [3.8, 4) is 0 Å². The Labute approximate surface area is 113 Å². The third-order valence-corrected chi connectivity index (χ3v) is 3.84. The van der Waals surface area contributed by atoms with Crippen molar-refractivity contribution in [2.24, 2.45) is 7.05 Å². The molecule has 4 heteroatoms. The van der Waals surface area contributed by atoms with Gasteiger partial charge in [0.2, 0.25) is 0 Å². The van der Waals surface area contributed by atoms with Gasteiger partial charge >= 0.3 is 0 Å². The van der Waals surface area contributed by atoms with Crippen LogP contribution in [0.25, 0.3) is 0 Å². The second kappa shape index (κ2) is 4.70. The molecule has 2 aromatic rings. The number of hydrogen-bond donors (Lipinski definition) is 1. The van der Waals surface area contributed by atoms with Crippen LogP contribution in [0, 0.1) is 6.92 Å². The maximum atomic E-state index is 9.61. The number of para-hydroxylation sites is 1. The lowest BCUT2D eigenvalue weighted by Gasteiger charge is -2.31. The van der Waals surface area contributed by atoms with Crippen LogP contribution >= 0.6 is 0 Å². The van der Waals surface area contributed by atoms with E-state index in [0.717, 1.165) is 36.5 Å². The lowest BCUT2D eigenvalue weighted by molar-refractivity contribution is 0.281. The number of rotatable bonds is 2. The first kappa shape index (κ1) is 12.2. The van der Waals surface area contributed by atoms with Gasteiger partial charge in [0, 0.05) is 24.8 Å². The van der Waals surface area contributed by atoms with Crippen molar-refractivity contribution in [2.75, 3.05) is 11.4 Å². The van der Waals surface area contributed by atoms with E-state index in [-0.39, 0.29) is 6.61 Å². The molecular formula is C15H19N3O. The van der Waals surface area contributed by atoms with E-state index < -0.39 is 0 Å². The molecule has 0 saturated carbocycles. The van der Waals surface area contributed by atoms with Crippen LogP contribution in [-0.2, 0) is 20.1 Å². The molecular weight excluding hydrogens is 238 g/mol. The van der Waals surface area contributed by atoms with Gasteiger partial charge in [-0.3, -0.25) is 4.68 Å². The minimum Gasteiger partial charge on any atom is -0.391 e. The predicted octanol–water partition coefficient (Wildman–Crippen LogP) is 2.31. The Morgan fingerprint density at radius 2 is 2.11 bits per heavy atom. The summed E-state index contributed by atoms with van der Waals surface area (Å²) in [5.74, 6) is 1.02. The Hall–Kier alpha value is -1.81. The van der Waals surface area contributed by atoms with Crippen molar-refractivity contribution in [2.45, 2.75) is 26.4 Å². The van der Waals surface area contributed by atoms with Gasteiger partial charge in [0.1, 0.15) is 5.82 Å². The maximum absolute atomic E-state index is 9.61. The Morgan fingerprint density at radius 1 is 1.32 bits per heavy atom. The molecule has 0 spiro atoms. The number of hydrogen-bond acceptors (Lipinski definition) is 3. The molecule has 100 valence electrons. The number of benzene rings is 1. The topological polar surface area (TPSA) is 41.3 Å². The molecule has 1 aliphatic rings. The van der Waals surface area contributed by atoms with Crippen molar-refractivity contribution in [3.05, 3.63) is 41.1 Å². The number of aliphatic hydroxyl groups excluding tert-OH is 1. The zero-order valence-corrected chi connectivity index (χ0v) is 11.4. The first-order valence-electron chi connectivity index (χ1n) is 6.71. The second-order valence-electron chi connectivity index (χ2n) is 5.05. The van der Waals surface area contributed by atoms with Crippen molar-refractivity contribution in [1.82, 2.24) is 9.78 Å². The smallest absolute Gasteiger partial charge is 0.136 e. The summed E-state index contributed by atoms with van der Waals surface area (Å²) in [6, 6.07) is 8.49. The third-order valence-electron chi connectivity index (χ3n) is 3.84. The van der Waals surface area contributed by atoms with Gasteiger partial charge in [-0.15, -0.1) is 0 Å². The van der Waals surface area contributed by atoms with E-state index in [1.807, 2.05) is 18.7 Å². The fourth-order valence-electron chi connectivity index (χ4n) is 2.97. The first-order chi connectivity index (χ1) is 9.22. The summed E-state index contributed by atoms with van der Waals surface area (Å²) >= 11 is 0. The van der Waals surface area contributed by atoms with Crippen LogP contribution in [0.1, 0.15) is 23.2 Å². The van der Waals surface area contributed by atoms with Gasteiger partial charge in [-0.25, -0.2) is 0 Å². The van der Waals surface area contributed by atoms with Crippen LogP contribution in [-0.4, -0.2) is 21.4 Å². The molecule has 0 atom stereocenters. The van der Waals surface area contributed by atoms with Crippen molar-refractivity contribution in [1.29, 1.82) is 0 Å². The number of aromatic nitrogens is 2.